The van der Waals surface area contributed by atoms with Crippen LogP contribution in [-0.4, -0.2) is 20.9 Å². The molecule has 5 nitrogen and oxygen atoms in total. The Morgan fingerprint density at radius 3 is 3.06 bits per heavy atom. The van der Waals surface area contributed by atoms with Gasteiger partial charge in [-0.05, 0) is 12.5 Å². The molecule has 1 N–H and O–H groups in total. The Kier molecular flexibility index (Phi) is 3.62. The van der Waals surface area contributed by atoms with Gasteiger partial charge in [-0.1, -0.05) is 29.8 Å². The molecule has 94 valence electrons. The summed E-state index contributed by atoms with van der Waals surface area (Å²) in [5.41, 5.74) is 2.25. The molecule has 1 aromatic carbocycles. The van der Waals surface area contributed by atoms with Gasteiger partial charge in [0, 0.05) is 0 Å². The predicted octanol–water partition coefficient (Wildman–Crippen LogP) is 1.86. The first-order chi connectivity index (χ1) is 8.63. The van der Waals surface area contributed by atoms with E-state index in [0.717, 1.165) is 5.56 Å². The third kappa shape index (κ3) is 3.35. The molecule has 0 atom stereocenters. The van der Waals surface area contributed by atoms with Crippen LogP contribution in [0.2, 0.25) is 0 Å². The molecule has 0 unspecified atom stereocenters. The van der Waals surface area contributed by atoms with Crippen molar-refractivity contribution in [2.24, 2.45) is 0 Å². The maximum Gasteiger partial charge on any atom is 0.325 e. The average Bonchev–Trinajstić information content (AvgIpc) is 2.73. The van der Waals surface area contributed by atoms with Crippen LogP contribution in [0.5, 0.6) is 5.75 Å². The van der Waals surface area contributed by atoms with Crippen molar-refractivity contribution in [1.29, 1.82) is 0 Å². The van der Waals surface area contributed by atoms with Crippen LogP contribution in [0.3, 0.4) is 0 Å². The van der Waals surface area contributed by atoms with Gasteiger partial charge >= 0.3 is 5.97 Å². The van der Waals surface area contributed by atoms with Gasteiger partial charge in [0.25, 0.3) is 0 Å². The minimum Gasteiger partial charge on any atom is -0.486 e. The van der Waals surface area contributed by atoms with E-state index in [9.17, 15) is 4.79 Å². The van der Waals surface area contributed by atoms with Crippen LogP contribution in [0.15, 0.2) is 36.7 Å². The molecule has 2 rings (SSSR count). The van der Waals surface area contributed by atoms with Crippen LogP contribution < -0.4 is 4.74 Å². The molecule has 0 spiro atoms. The number of aromatic nitrogens is 2. The number of benzene rings is 1. The number of carbonyl (C=O) groups is 1. The molecule has 0 saturated heterocycles. The van der Waals surface area contributed by atoms with E-state index >= 15 is 0 Å². The van der Waals surface area contributed by atoms with E-state index in [1.54, 1.807) is 6.20 Å². The first-order valence-electron chi connectivity index (χ1n) is 5.56. The lowest BCUT2D eigenvalue weighted by molar-refractivity contribution is -0.137. The maximum atomic E-state index is 10.5. The highest BCUT2D eigenvalue weighted by Crippen LogP contribution is 2.12. The van der Waals surface area contributed by atoms with Crippen molar-refractivity contribution in [1.82, 2.24) is 9.78 Å². The van der Waals surface area contributed by atoms with Crippen LogP contribution in [0.1, 0.15) is 11.1 Å². The number of rotatable bonds is 5. The summed E-state index contributed by atoms with van der Waals surface area (Å²) >= 11 is 0. The highest BCUT2D eigenvalue weighted by molar-refractivity contribution is 5.66. The second-order valence-corrected chi connectivity index (χ2v) is 4.05. The summed E-state index contributed by atoms with van der Waals surface area (Å²) < 4.78 is 6.86. The molecule has 1 heterocycles. The third-order valence-corrected chi connectivity index (χ3v) is 2.39. The predicted molar refractivity (Wildman–Crippen MR) is 65.4 cm³/mol. The molecule has 0 amide bonds. The number of nitrogens with zero attached hydrogens (tertiary/aromatic N) is 2. The van der Waals surface area contributed by atoms with E-state index in [1.807, 2.05) is 31.2 Å². The third-order valence-electron chi connectivity index (χ3n) is 2.39. The largest absolute Gasteiger partial charge is 0.486 e. The zero-order chi connectivity index (χ0) is 13.0. The van der Waals surface area contributed by atoms with Gasteiger partial charge in [-0.2, -0.15) is 5.10 Å². The molecule has 5 heteroatoms. The number of aliphatic carboxylic acids is 1. The van der Waals surface area contributed by atoms with E-state index in [4.69, 9.17) is 9.84 Å². The van der Waals surface area contributed by atoms with Crippen molar-refractivity contribution < 1.29 is 14.6 Å². The first-order valence-corrected chi connectivity index (χ1v) is 5.56. The van der Waals surface area contributed by atoms with Crippen molar-refractivity contribution in [3.8, 4) is 5.75 Å². The molecular weight excluding hydrogens is 232 g/mol. The van der Waals surface area contributed by atoms with Crippen LogP contribution >= 0.6 is 0 Å². The smallest absolute Gasteiger partial charge is 0.325 e. The molecule has 0 aliphatic rings. The fourth-order valence-electron chi connectivity index (χ4n) is 1.61. The molecule has 0 bridgehead atoms. The van der Waals surface area contributed by atoms with Gasteiger partial charge in [0.2, 0.25) is 0 Å². The van der Waals surface area contributed by atoms with Gasteiger partial charge < -0.3 is 9.84 Å². The van der Waals surface area contributed by atoms with E-state index in [-0.39, 0.29) is 6.54 Å². The van der Waals surface area contributed by atoms with E-state index in [1.165, 1.54) is 16.4 Å². The molecule has 2 aromatic rings. The highest BCUT2D eigenvalue weighted by atomic mass is 16.5. The summed E-state index contributed by atoms with van der Waals surface area (Å²) in [5.74, 6) is -0.360. The van der Waals surface area contributed by atoms with Crippen LogP contribution in [0.4, 0.5) is 0 Å². The monoisotopic (exact) mass is 246 g/mol. The van der Waals surface area contributed by atoms with Crippen molar-refractivity contribution in [3.05, 3.63) is 47.8 Å². The number of hydrogen-bond acceptors (Lipinski definition) is 3. The zero-order valence-corrected chi connectivity index (χ0v) is 10.0. The molecule has 18 heavy (non-hydrogen) atoms. The van der Waals surface area contributed by atoms with Gasteiger partial charge in [-0.3, -0.25) is 9.48 Å². The standard InChI is InChI=1S/C13H14N2O3/c1-10-3-2-4-11(5-10)9-18-12-6-14-15(7-12)8-13(16)17/h2-7H,8-9H2,1H3,(H,16,17). The Hall–Kier alpha value is -2.30. The van der Waals surface area contributed by atoms with Crippen molar-refractivity contribution in [3.63, 3.8) is 0 Å². The number of ether oxygens (including phenoxy) is 1. The van der Waals surface area contributed by atoms with E-state index in [2.05, 4.69) is 5.10 Å². The molecule has 0 saturated carbocycles. The number of hydrogen-bond donors (Lipinski definition) is 1. The summed E-state index contributed by atoms with van der Waals surface area (Å²) in [7, 11) is 0. The Labute approximate surface area is 105 Å². The van der Waals surface area contributed by atoms with Gasteiger partial charge in [0.1, 0.15) is 13.2 Å². The number of carboxylic acid groups (broad SMARTS) is 1. The Morgan fingerprint density at radius 1 is 1.50 bits per heavy atom. The van der Waals surface area contributed by atoms with Crippen LogP contribution in [-0.2, 0) is 17.9 Å². The van der Waals surface area contributed by atoms with Gasteiger partial charge in [0.15, 0.2) is 5.75 Å². The van der Waals surface area contributed by atoms with Crippen molar-refractivity contribution in [2.45, 2.75) is 20.1 Å². The molecule has 0 fully saturated rings. The average molecular weight is 246 g/mol. The highest BCUT2D eigenvalue weighted by Gasteiger charge is 2.03. The summed E-state index contributed by atoms with van der Waals surface area (Å²) in [5, 5.41) is 12.5. The normalized spacial score (nSPS) is 10.3. The van der Waals surface area contributed by atoms with E-state index < -0.39 is 5.97 Å². The summed E-state index contributed by atoms with van der Waals surface area (Å²) in [4.78, 5) is 10.5. The zero-order valence-electron chi connectivity index (χ0n) is 10.0. The van der Waals surface area contributed by atoms with Crippen molar-refractivity contribution in [2.75, 3.05) is 0 Å². The molecule has 0 radical (unpaired) electrons. The minimum atomic E-state index is -0.927. The van der Waals surface area contributed by atoms with Crippen molar-refractivity contribution >= 4 is 5.97 Å². The first kappa shape index (κ1) is 12.2. The fraction of sp³-hybridized carbons (Fsp3) is 0.231. The second-order valence-electron chi connectivity index (χ2n) is 4.05. The number of carboxylic acids is 1. The molecule has 1 aromatic heterocycles. The molecule has 0 aliphatic carbocycles. The number of aryl methyl sites for hydroxylation is 1. The van der Waals surface area contributed by atoms with Gasteiger partial charge in [-0.25, -0.2) is 0 Å². The minimum absolute atomic E-state index is 0.159. The van der Waals surface area contributed by atoms with Crippen LogP contribution in [0, 0.1) is 6.92 Å². The Morgan fingerprint density at radius 2 is 2.33 bits per heavy atom. The lowest BCUT2D eigenvalue weighted by Gasteiger charge is -2.04. The lowest BCUT2D eigenvalue weighted by Crippen LogP contribution is -2.08. The van der Waals surface area contributed by atoms with Gasteiger partial charge in [-0.15, -0.1) is 0 Å². The topological polar surface area (TPSA) is 64.4 Å². The summed E-state index contributed by atoms with van der Waals surface area (Å²) in [6.07, 6.45) is 3.09. The Bertz CT molecular complexity index is 549. The van der Waals surface area contributed by atoms with Crippen LogP contribution in [0.25, 0.3) is 0 Å². The second kappa shape index (κ2) is 5.35. The fourth-order valence-corrected chi connectivity index (χ4v) is 1.61. The lowest BCUT2D eigenvalue weighted by atomic mass is 10.1. The van der Waals surface area contributed by atoms with E-state index in [0.29, 0.717) is 12.4 Å². The molecule has 0 aliphatic heterocycles. The quantitative estimate of drug-likeness (QED) is 0.874. The Balaban J connectivity index is 1.94. The maximum absolute atomic E-state index is 10.5. The SMILES string of the molecule is Cc1cccc(COc2cnn(CC(=O)O)c2)c1. The summed E-state index contributed by atoms with van der Waals surface area (Å²) in [6, 6.07) is 8.02. The van der Waals surface area contributed by atoms with Gasteiger partial charge in [0.05, 0.1) is 12.4 Å². The molecular formula is C13H14N2O3. The summed E-state index contributed by atoms with van der Waals surface area (Å²) in [6.45, 7) is 2.31.